The minimum atomic E-state index is 0.447. The van der Waals surface area contributed by atoms with Crippen LogP contribution in [-0.4, -0.2) is 23.0 Å². The lowest BCUT2D eigenvalue weighted by Gasteiger charge is -2.36. The number of likely N-dealkylation sites (tertiary alicyclic amines) is 1. The van der Waals surface area contributed by atoms with Gasteiger partial charge in [-0.2, -0.15) is 0 Å². The summed E-state index contributed by atoms with van der Waals surface area (Å²) < 4.78 is 6.07. The Morgan fingerprint density at radius 2 is 2.00 bits per heavy atom. The fraction of sp³-hybridized carbons (Fsp3) is 0.450. The summed E-state index contributed by atoms with van der Waals surface area (Å²) in [5.74, 6) is 0.796. The molecule has 0 aliphatic carbocycles. The highest BCUT2D eigenvalue weighted by Crippen LogP contribution is 2.35. The monoisotopic (exact) mass is 310 g/mol. The zero-order valence-corrected chi connectivity index (χ0v) is 13.9. The Morgan fingerprint density at radius 3 is 2.83 bits per heavy atom. The average Bonchev–Trinajstić information content (AvgIpc) is 2.62. The van der Waals surface area contributed by atoms with Crippen molar-refractivity contribution >= 4 is 0 Å². The molecular formula is C20H26N2O. The van der Waals surface area contributed by atoms with Gasteiger partial charge in [0.05, 0.1) is 0 Å². The molecule has 1 fully saturated rings. The molecule has 0 unspecified atom stereocenters. The normalized spacial score (nSPS) is 18.7. The number of rotatable bonds is 6. The van der Waals surface area contributed by atoms with Crippen LogP contribution >= 0.6 is 0 Å². The van der Waals surface area contributed by atoms with Gasteiger partial charge in [-0.15, -0.1) is 0 Å². The summed E-state index contributed by atoms with van der Waals surface area (Å²) in [6.45, 7) is 5.16. The molecule has 0 saturated carbocycles. The second kappa shape index (κ2) is 8.11. The maximum Gasteiger partial charge on any atom is 0.218 e. The second-order valence-electron chi connectivity index (χ2n) is 6.22. The molecule has 3 nitrogen and oxygen atoms in total. The van der Waals surface area contributed by atoms with Crippen LogP contribution in [-0.2, 0) is 6.61 Å². The molecular weight excluding hydrogens is 284 g/mol. The van der Waals surface area contributed by atoms with E-state index in [1.807, 2.05) is 30.5 Å². The molecule has 0 spiro atoms. The van der Waals surface area contributed by atoms with Crippen LogP contribution in [0.2, 0.25) is 0 Å². The summed E-state index contributed by atoms with van der Waals surface area (Å²) in [7, 11) is 0. The number of hydrogen-bond donors (Lipinski definition) is 0. The van der Waals surface area contributed by atoms with Crippen molar-refractivity contribution in [3.8, 4) is 5.88 Å². The van der Waals surface area contributed by atoms with E-state index in [0.717, 1.165) is 12.4 Å². The number of nitrogens with zero attached hydrogens (tertiary/aromatic N) is 2. The highest BCUT2D eigenvalue weighted by molar-refractivity contribution is 5.30. The first kappa shape index (κ1) is 16.0. The first-order valence-corrected chi connectivity index (χ1v) is 8.74. The molecule has 0 radical (unpaired) electrons. The van der Waals surface area contributed by atoms with Gasteiger partial charge in [-0.1, -0.05) is 49.7 Å². The Balaban J connectivity index is 1.76. The molecule has 3 heteroatoms. The molecule has 1 aliphatic rings. The quantitative estimate of drug-likeness (QED) is 0.780. The average molecular weight is 310 g/mol. The van der Waals surface area contributed by atoms with Gasteiger partial charge in [-0.25, -0.2) is 4.98 Å². The Bertz CT molecular complexity index is 598. The van der Waals surface area contributed by atoms with Crippen LogP contribution in [0.5, 0.6) is 5.88 Å². The standard InChI is InChI=1S/C20H26N2O/c1-2-14-22-15-7-6-12-19(22)18-11-8-13-21-20(18)23-16-17-9-4-3-5-10-17/h3-5,8-11,13,19H,2,6-7,12,14-16H2,1H3/t19-/m1/s1. The third-order valence-corrected chi connectivity index (χ3v) is 4.50. The predicted octanol–water partition coefficient (Wildman–Crippen LogP) is 4.60. The highest BCUT2D eigenvalue weighted by Gasteiger charge is 2.26. The van der Waals surface area contributed by atoms with Gasteiger partial charge in [-0.3, -0.25) is 4.90 Å². The van der Waals surface area contributed by atoms with Gasteiger partial charge in [0.25, 0.3) is 0 Å². The fourth-order valence-corrected chi connectivity index (χ4v) is 3.40. The Labute approximate surface area is 139 Å². The van der Waals surface area contributed by atoms with Crippen molar-refractivity contribution in [3.63, 3.8) is 0 Å². The third kappa shape index (κ3) is 4.11. The van der Waals surface area contributed by atoms with Gasteiger partial charge >= 0.3 is 0 Å². The molecule has 2 heterocycles. The molecule has 1 aromatic carbocycles. The van der Waals surface area contributed by atoms with Gasteiger partial charge in [0.15, 0.2) is 0 Å². The van der Waals surface area contributed by atoms with Gasteiger partial charge in [0.1, 0.15) is 6.61 Å². The Kier molecular flexibility index (Phi) is 5.65. The number of hydrogen-bond acceptors (Lipinski definition) is 3. The number of aromatic nitrogens is 1. The van der Waals surface area contributed by atoms with Crippen LogP contribution in [0.3, 0.4) is 0 Å². The van der Waals surface area contributed by atoms with Gasteiger partial charge in [0.2, 0.25) is 5.88 Å². The Morgan fingerprint density at radius 1 is 1.13 bits per heavy atom. The fourth-order valence-electron chi connectivity index (χ4n) is 3.40. The lowest BCUT2D eigenvalue weighted by molar-refractivity contribution is 0.143. The maximum atomic E-state index is 6.07. The summed E-state index contributed by atoms with van der Waals surface area (Å²) in [4.78, 5) is 7.11. The first-order valence-electron chi connectivity index (χ1n) is 8.74. The molecule has 3 rings (SSSR count). The van der Waals surface area contributed by atoms with E-state index in [1.54, 1.807) is 0 Å². The van der Waals surface area contributed by atoms with Crippen molar-refractivity contribution in [1.82, 2.24) is 9.88 Å². The molecule has 2 aromatic rings. The minimum absolute atomic E-state index is 0.447. The van der Waals surface area contributed by atoms with Crippen molar-refractivity contribution < 1.29 is 4.74 Å². The molecule has 1 atom stereocenters. The second-order valence-corrected chi connectivity index (χ2v) is 6.22. The topological polar surface area (TPSA) is 25.4 Å². The lowest BCUT2D eigenvalue weighted by atomic mass is 9.95. The van der Waals surface area contributed by atoms with Crippen molar-refractivity contribution in [2.75, 3.05) is 13.1 Å². The molecule has 1 aliphatic heterocycles. The molecule has 0 N–H and O–H groups in total. The minimum Gasteiger partial charge on any atom is -0.473 e. The molecule has 23 heavy (non-hydrogen) atoms. The zero-order valence-electron chi connectivity index (χ0n) is 13.9. The lowest BCUT2D eigenvalue weighted by Crippen LogP contribution is -2.34. The number of piperidine rings is 1. The van der Waals surface area contributed by atoms with Crippen LogP contribution in [0.1, 0.15) is 49.8 Å². The van der Waals surface area contributed by atoms with E-state index in [0.29, 0.717) is 12.6 Å². The molecule has 122 valence electrons. The van der Waals surface area contributed by atoms with E-state index in [1.165, 1.54) is 43.4 Å². The van der Waals surface area contributed by atoms with Crippen molar-refractivity contribution in [1.29, 1.82) is 0 Å². The van der Waals surface area contributed by atoms with E-state index in [2.05, 4.69) is 35.0 Å². The van der Waals surface area contributed by atoms with E-state index >= 15 is 0 Å². The summed E-state index contributed by atoms with van der Waals surface area (Å²) in [5.41, 5.74) is 2.43. The summed E-state index contributed by atoms with van der Waals surface area (Å²) in [6, 6.07) is 15.0. The van der Waals surface area contributed by atoms with Crippen molar-refractivity contribution in [3.05, 3.63) is 59.8 Å². The molecule has 1 saturated heterocycles. The van der Waals surface area contributed by atoms with Gasteiger partial charge < -0.3 is 4.74 Å². The maximum absolute atomic E-state index is 6.07. The van der Waals surface area contributed by atoms with E-state index in [4.69, 9.17) is 4.74 Å². The van der Waals surface area contributed by atoms with Crippen LogP contribution in [0.25, 0.3) is 0 Å². The Hall–Kier alpha value is -1.87. The first-order chi connectivity index (χ1) is 11.4. The van der Waals surface area contributed by atoms with Gasteiger partial charge in [0, 0.05) is 17.8 Å². The predicted molar refractivity (Wildman–Crippen MR) is 93.5 cm³/mol. The van der Waals surface area contributed by atoms with Crippen LogP contribution < -0.4 is 4.74 Å². The smallest absolute Gasteiger partial charge is 0.218 e. The molecule has 0 amide bonds. The van der Waals surface area contributed by atoms with Crippen molar-refractivity contribution in [2.24, 2.45) is 0 Å². The SMILES string of the molecule is CCCN1CCCC[C@@H]1c1cccnc1OCc1ccccc1. The molecule has 1 aromatic heterocycles. The van der Waals surface area contributed by atoms with Crippen molar-refractivity contribution in [2.45, 2.75) is 45.3 Å². The highest BCUT2D eigenvalue weighted by atomic mass is 16.5. The van der Waals surface area contributed by atoms with Gasteiger partial charge in [-0.05, 0) is 44.0 Å². The summed E-state index contributed by atoms with van der Waals surface area (Å²) in [6.07, 6.45) is 6.82. The van der Waals surface area contributed by atoms with E-state index < -0.39 is 0 Å². The van der Waals surface area contributed by atoms with Crippen LogP contribution in [0.15, 0.2) is 48.7 Å². The zero-order chi connectivity index (χ0) is 15.9. The number of benzene rings is 1. The number of pyridine rings is 1. The summed E-state index contributed by atoms with van der Waals surface area (Å²) >= 11 is 0. The summed E-state index contributed by atoms with van der Waals surface area (Å²) in [5, 5.41) is 0. The van der Waals surface area contributed by atoms with Crippen LogP contribution in [0, 0.1) is 0 Å². The molecule has 0 bridgehead atoms. The largest absolute Gasteiger partial charge is 0.473 e. The third-order valence-electron chi connectivity index (χ3n) is 4.50. The van der Waals surface area contributed by atoms with E-state index in [9.17, 15) is 0 Å². The van der Waals surface area contributed by atoms with E-state index in [-0.39, 0.29) is 0 Å². The van der Waals surface area contributed by atoms with Crippen LogP contribution in [0.4, 0.5) is 0 Å². The number of ether oxygens (including phenoxy) is 1.